The third-order valence-electron chi connectivity index (χ3n) is 1.14. The molecule has 3 heteroatoms. The van der Waals surface area contributed by atoms with E-state index in [9.17, 15) is 0 Å². The van der Waals surface area contributed by atoms with Crippen molar-refractivity contribution in [2.45, 2.75) is 6.92 Å². The predicted octanol–water partition coefficient (Wildman–Crippen LogP) is 1.59. The molecule has 1 heterocycles. The molecular weight excluding hydrogens is 138 g/mol. The number of hydrogen-bond donors (Lipinski definition) is 0. The van der Waals surface area contributed by atoms with Crippen LogP contribution in [0.4, 0.5) is 0 Å². The summed E-state index contributed by atoms with van der Waals surface area (Å²) in [6.45, 7) is 5.54. The second kappa shape index (κ2) is 3.61. The fourth-order valence-electron chi connectivity index (χ4n) is 0.633. The van der Waals surface area contributed by atoms with E-state index in [0.29, 0.717) is 5.84 Å². The molecule has 0 amide bonds. The van der Waals surface area contributed by atoms with Gasteiger partial charge in [0.05, 0.1) is 0 Å². The average Bonchev–Trinajstić information content (AvgIpc) is 2.03. The Morgan fingerprint density at radius 2 is 2.45 bits per heavy atom. The van der Waals surface area contributed by atoms with Gasteiger partial charge in [-0.25, -0.2) is 4.99 Å². The number of allylic oxidation sites excluding steroid dienone is 1. The van der Waals surface area contributed by atoms with Crippen LogP contribution < -0.4 is 0 Å². The molecule has 1 aliphatic rings. The molecule has 0 bridgehead atoms. The fourth-order valence-corrected chi connectivity index (χ4v) is 0.633. The largest absolute Gasteiger partial charge is 0.235 e. The highest BCUT2D eigenvalue weighted by atomic mass is 15.2. The SMILES string of the molecule is C=C1C=CC=N/C1=N/N=C\C. The molecule has 0 saturated carbocycles. The highest BCUT2D eigenvalue weighted by molar-refractivity contribution is 6.08. The van der Waals surface area contributed by atoms with Gasteiger partial charge in [0, 0.05) is 18.0 Å². The van der Waals surface area contributed by atoms with Gasteiger partial charge in [-0.1, -0.05) is 12.7 Å². The molecular formula is C8H9N3. The van der Waals surface area contributed by atoms with Crippen molar-refractivity contribution in [2.75, 3.05) is 0 Å². The topological polar surface area (TPSA) is 37.1 Å². The summed E-state index contributed by atoms with van der Waals surface area (Å²) < 4.78 is 0. The Morgan fingerprint density at radius 1 is 1.64 bits per heavy atom. The van der Waals surface area contributed by atoms with E-state index in [1.807, 2.05) is 12.2 Å². The lowest BCUT2D eigenvalue weighted by molar-refractivity contribution is 1.23. The molecule has 0 radical (unpaired) electrons. The van der Waals surface area contributed by atoms with E-state index in [0.717, 1.165) is 5.57 Å². The van der Waals surface area contributed by atoms with Gasteiger partial charge < -0.3 is 0 Å². The Labute approximate surface area is 65.6 Å². The molecule has 0 N–H and O–H groups in total. The minimum Gasteiger partial charge on any atom is -0.235 e. The summed E-state index contributed by atoms with van der Waals surface area (Å²) in [7, 11) is 0. The first-order chi connectivity index (χ1) is 5.34. The van der Waals surface area contributed by atoms with Crippen molar-refractivity contribution in [1.29, 1.82) is 0 Å². The maximum atomic E-state index is 3.97. The van der Waals surface area contributed by atoms with E-state index in [4.69, 9.17) is 0 Å². The molecule has 0 atom stereocenters. The molecule has 0 fully saturated rings. The Balaban J connectivity index is 2.81. The highest BCUT2D eigenvalue weighted by Gasteiger charge is 2.00. The molecule has 0 aromatic carbocycles. The molecule has 0 spiro atoms. The van der Waals surface area contributed by atoms with E-state index in [1.165, 1.54) is 0 Å². The maximum absolute atomic E-state index is 3.97. The summed E-state index contributed by atoms with van der Waals surface area (Å²) in [5.74, 6) is 0.575. The Hall–Kier alpha value is -1.51. The maximum Gasteiger partial charge on any atom is 0.181 e. The third kappa shape index (κ3) is 1.97. The number of rotatable bonds is 1. The molecule has 1 rings (SSSR count). The first-order valence-corrected chi connectivity index (χ1v) is 3.30. The van der Waals surface area contributed by atoms with E-state index in [1.54, 1.807) is 19.4 Å². The summed E-state index contributed by atoms with van der Waals surface area (Å²) in [6, 6.07) is 0. The number of amidine groups is 1. The average molecular weight is 147 g/mol. The second-order valence-electron chi connectivity index (χ2n) is 1.96. The molecule has 3 nitrogen and oxygen atoms in total. The van der Waals surface area contributed by atoms with Gasteiger partial charge in [0.15, 0.2) is 5.84 Å². The lowest BCUT2D eigenvalue weighted by Gasteiger charge is -1.99. The molecule has 56 valence electrons. The quantitative estimate of drug-likeness (QED) is 0.399. The van der Waals surface area contributed by atoms with E-state index < -0.39 is 0 Å². The molecule has 0 aromatic heterocycles. The van der Waals surface area contributed by atoms with Crippen LogP contribution in [0.5, 0.6) is 0 Å². The number of nitrogens with zero attached hydrogens (tertiary/aromatic N) is 3. The molecule has 0 aliphatic carbocycles. The standard InChI is InChI=1S/C8H9N3/c1-3-10-11-8-7(2)5-4-6-9-8/h3-6H,2H2,1H3/b10-3-,11-8+. The van der Waals surface area contributed by atoms with E-state index in [2.05, 4.69) is 21.8 Å². The second-order valence-corrected chi connectivity index (χ2v) is 1.96. The van der Waals surface area contributed by atoms with Gasteiger partial charge in [-0.2, -0.15) is 5.10 Å². The van der Waals surface area contributed by atoms with E-state index >= 15 is 0 Å². The summed E-state index contributed by atoms with van der Waals surface area (Å²) in [5, 5.41) is 7.52. The first kappa shape index (κ1) is 7.60. The molecule has 11 heavy (non-hydrogen) atoms. The lowest BCUT2D eigenvalue weighted by Crippen LogP contribution is -1.99. The minimum atomic E-state index is 0.575. The van der Waals surface area contributed by atoms with Gasteiger partial charge in [0.25, 0.3) is 0 Å². The zero-order valence-corrected chi connectivity index (χ0v) is 6.36. The van der Waals surface area contributed by atoms with E-state index in [-0.39, 0.29) is 0 Å². The monoisotopic (exact) mass is 147 g/mol. The molecule has 1 aliphatic heterocycles. The van der Waals surface area contributed by atoms with Crippen molar-refractivity contribution < 1.29 is 0 Å². The zero-order valence-electron chi connectivity index (χ0n) is 6.36. The number of dihydropyridines is 1. The predicted molar refractivity (Wildman–Crippen MR) is 48.4 cm³/mol. The van der Waals surface area contributed by atoms with Crippen LogP contribution in [-0.2, 0) is 0 Å². The first-order valence-electron chi connectivity index (χ1n) is 3.30. The highest BCUT2D eigenvalue weighted by Crippen LogP contribution is 2.02. The molecule has 0 unspecified atom stereocenters. The van der Waals surface area contributed by atoms with Crippen molar-refractivity contribution in [3.63, 3.8) is 0 Å². The van der Waals surface area contributed by atoms with Crippen molar-refractivity contribution in [3.8, 4) is 0 Å². The number of hydrogen-bond acceptors (Lipinski definition) is 2. The van der Waals surface area contributed by atoms with Crippen LogP contribution in [-0.4, -0.2) is 18.3 Å². The minimum absolute atomic E-state index is 0.575. The van der Waals surface area contributed by atoms with Crippen LogP contribution in [0.15, 0.2) is 39.5 Å². The number of aliphatic imine (C=N–C) groups is 1. The van der Waals surface area contributed by atoms with Crippen LogP contribution in [0.3, 0.4) is 0 Å². The summed E-state index contributed by atoms with van der Waals surface area (Å²) in [4.78, 5) is 3.97. The smallest absolute Gasteiger partial charge is 0.181 e. The van der Waals surface area contributed by atoms with Crippen molar-refractivity contribution in [2.24, 2.45) is 15.2 Å². The fraction of sp³-hybridized carbons (Fsp3) is 0.125. The molecule has 0 saturated heterocycles. The summed E-state index contributed by atoms with van der Waals surface area (Å²) in [6.07, 6.45) is 6.93. The Morgan fingerprint density at radius 3 is 3.09 bits per heavy atom. The Bertz CT molecular complexity index is 269. The molecule has 0 aromatic rings. The van der Waals surface area contributed by atoms with Crippen molar-refractivity contribution in [3.05, 3.63) is 24.3 Å². The van der Waals surface area contributed by atoms with Crippen LogP contribution >= 0.6 is 0 Å². The summed E-state index contributed by atoms with van der Waals surface area (Å²) in [5.41, 5.74) is 0.790. The van der Waals surface area contributed by atoms with Gasteiger partial charge in [0.1, 0.15) is 0 Å². The van der Waals surface area contributed by atoms with Gasteiger partial charge in [-0.05, 0) is 13.0 Å². The van der Waals surface area contributed by atoms with Crippen molar-refractivity contribution in [1.82, 2.24) is 0 Å². The van der Waals surface area contributed by atoms with Crippen LogP contribution in [0.25, 0.3) is 0 Å². The normalized spacial score (nSPS) is 20.5. The van der Waals surface area contributed by atoms with Gasteiger partial charge in [-0.3, -0.25) is 0 Å². The zero-order chi connectivity index (χ0) is 8.10. The summed E-state index contributed by atoms with van der Waals surface area (Å²) >= 11 is 0. The van der Waals surface area contributed by atoms with Crippen LogP contribution in [0.2, 0.25) is 0 Å². The van der Waals surface area contributed by atoms with Crippen molar-refractivity contribution >= 4 is 18.3 Å². The van der Waals surface area contributed by atoms with Crippen LogP contribution in [0, 0.1) is 0 Å². The van der Waals surface area contributed by atoms with Gasteiger partial charge in [0.2, 0.25) is 0 Å². The van der Waals surface area contributed by atoms with Gasteiger partial charge in [-0.15, -0.1) is 5.10 Å². The van der Waals surface area contributed by atoms with Gasteiger partial charge >= 0.3 is 0 Å². The third-order valence-corrected chi connectivity index (χ3v) is 1.14. The van der Waals surface area contributed by atoms with Crippen LogP contribution in [0.1, 0.15) is 6.92 Å². The lowest BCUT2D eigenvalue weighted by atomic mass is 10.2. The Kier molecular flexibility index (Phi) is 2.49.